The minimum Gasteiger partial charge on any atom is -0.475 e. The molecule has 1 N–H and O–H groups in total. The molecule has 1 amide bonds. The molecule has 0 aliphatic heterocycles. The van der Waals surface area contributed by atoms with Crippen LogP contribution in [0.1, 0.15) is 34.5 Å². The summed E-state index contributed by atoms with van der Waals surface area (Å²) in [4.78, 5) is 23.7. The third-order valence-electron chi connectivity index (χ3n) is 2.40. The van der Waals surface area contributed by atoms with E-state index in [2.05, 4.69) is 0 Å². The predicted octanol–water partition coefficient (Wildman–Crippen LogP) is 1.35. The molecule has 0 bridgehead atoms. The highest BCUT2D eigenvalue weighted by atomic mass is 16.4. The molecule has 0 aliphatic rings. The second-order valence-corrected chi connectivity index (χ2v) is 3.60. The van der Waals surface area contributed by atoms with Gasteiger partial charge >= 0.3 is 5.97 Å². The number of hydrogen-bond donors (Lipinski definition) is 1. The number of carboxylic acid groups (broad SMARTS) is 1. The van der Waals surface area contributed by atoms with E-state index in [1.165, 1.54) is 24.1 Å². The van der Waals surface area contributed by atoms with Crippen LogP contribution in [0.25, 0.3) is 0 Å². The van der Waals surface area contributed by atoms with Crippen molar-refractivity contribution in [2.75, 3.05) is 7.05 Å². The Morgan fingerprint density at radius 1 is 1.53 bits per heavy atom. The molecule has 90 valence electrons. The number of carboxylic acids is 1. The SMILES string of the molecule is CC(CC#N)N(C)C(=O)c1ccc(C(=O)O)o1. The predicted molar refractivity (Wildman–Crippen MR) is 57.5 cm³/mol. The van der Waals surface area contributed by atoms with Crippen LogP contribution in [-0.4, -0.2) is 35.0 Å². The summed E-state index contributed by atoms with van der Waals surface area (Å²) in [6.45, 7) is 1.72. The Morgan fingerprint density at radius 3 is 2.59 bits per heavy atom. The van der Waals surface area contributed by atoms with Gasteiger partial charge in [0, 0.05) is 13.1 Å². The fraction of sp³-hybridized carbons (Fsp3) is 0.364. The van der Waals surface area contributed by atoms with E-state index >= 15 is 0 Å². The number of nitriles is 1. The third-order valence-corrected chi connectivity index (χ3v) is 2.40. The molecular weight excluding hydrogens is 224 g/mol. The summed E-state index contributed by atoms with van der Waals surface area (Å²) in [5, 5.41) is 17.2. The van der Waals surface area contributed by atoms with Gasteiger partial charge in [-0.05, 0) is 19.1 Å². The molecule has 0 fully saturated rings. The number of carbonyl (C=O) groups excluding carboxylic acids is 1. The third kappa shape index (κ3) is 2.84. The van der Waals surface area contributed by atoms with Gasteiger partial charge in [0.1, 0.15) is 0 Å². The van der Waals surface area contributed by atoms with Crippen LogP contribution < -0.4 is 0 Å². The molecule has 1 rings (SSSR count). The van der Waals surface area contributed by atoms with Crippen molar-refractivity contribution in [3.8, 4) is 6.07 Å². The Kier molecular flexibility index (Phi) is 3.88. The van der Waals surface area contributed by atoms with Crippen LogP contribution in [0.4, 0.5) is 0 Å². The van der Waals surface area contributed by atoms with Crippen LogP contribution in [0.15, 0.2) is 16.5 Å². The number of amides is 1. The first-order chi connectivity index (χ1) is 7.97. The zero-order valence-electron chi connectivity index (χ0n) is 9.51. The molecule has 0 saturated heterocycles. The summed E-state index contributed by atoms with van der Waals surface area (Å²) in [6, 6.07) is 4.23. The first kappa shape index (κ1) is 12.8. The molecule has 1 atom stereocenters. The number of nitrogens with zero attached hydrogens (tertiary/aromatic N) is 2. The van der Waals surface area contributed by atoms with Crippen LogP contribution in [0.5, 0.6) is 0 Å². The van der Waals surface area contributed by atoms with Crippen LogP contribution in [-0.2, 0) is 0 Å². The number of carbonyl (C=O) groups is 2. The second kappa shape index (κ2) is 5.16. The summed E-state index contributed by atoms with van der Waals surface area (Å²) >= 11 is 0. The van der Waals surface area contributed by atoms with E-state index in [9.17, 15) is 9.59 Å². The van der Waals surface area contributed by atoms with E-state index < -0.39 is 11.9 Å². The Morgan fingerprint density at radius 2 is 2.12 bits per heavy atom. The maximum atomic E-state index is 11.8. The highest BCUT2D eigenvalue weighted by Crippen LogP contribution is 2.12. The van der Waals surface area contributed by atoms with Gasteiger partial charge in [-0.3, -0.25) is 4.79 Å². The maximum Gasteiger partial charge on any atom is 0.371 e. The minimum atomic E-state index is -1.23. The summed E-state index contributed by atoms with van der Waals surface area (Å²) in [5.41, 5.74) is 0. The average Bonchev–Trinajstić information content (AvgIpc) is 2.76. The molecule has 1 unspecified atom stereocenters. The largest absolute Gasteiger partial charge is 0.475 e. The number of hydrogen-bond acceptors (Lipinski definition) is 4. The van der Waals surface area contributed by atoms with Gasteiger partial charge in [0.25, 0.3) is 5.91 Å². The summed E-state index contributed by atoms with van der Waals surface area (Å²) in [5.74, 6) is -2.00. The van der Waals surface area contributed by atoms with Gasteiger partial charge in [-0.25, -0.2) is 4.79 Å². The van der Waals surface area contributed by atoms with Crippen molar-refractivity contribution < 1.29 is 19.1 Å². The van der Waals surface area contributed by atoms with Crippen molar-refractivity contribution in [3.63, 3.8) is 0 Å². The Hall–Kier alpha value is -2.29. The molecule has 0 spiro atoms. The highest BCUT2D eigenvalue weighted by molar-refractivity contribution is 5.93. The first-order valence-electron chi connectivity index (χ1n) is 4.94. The van der Waals surface area contributed by atoms with Crippen molar-refractivity contribution in [3.05, 3.63) is 23.7 Å². The van der Waals surface area contributed by atoms with Gasteiger partial charge in [0.15, 0.2) is 5.76 Å². The average molecular weight is 236 g/mol. The Labute approximate surface area is 98.1 Å². The van der Waals surface area contributed by atoms with E-state index in [1.807, 2.05) is 6.07 Å². The standard InChI is InChI=1S/C11H12N2O4/c1-7(5-6-12)13(2)10(14)8-3-4-9(17-8)11(15)16/h3-4,7H,5H2,1-2H3,(H,15,16). The van der Waals surface area contributed by atoms with Crippen molar-refractivity contribution in [2.24, 2.45) is 0 Å². The van der Waals surface area contributed by atoms with Gasteiger partial charge in [0.05, 0.1) is 12.5 Å². The second-order valence-electron chi connectivity index (χ2n) is 3.60. The smallest absolute Gasteiger partial charge is 0.371 e. The molecule has 0 aromatic carbocycles. The monoisotopic (exact) mass is 236 g/mol. The van der Waals surface area contributed by atoms with Crippen molar-refractivity contribution >= 4 is 11.9 Å². The molecule has 1 heterocycles. The topological polar surface area (TPSA) is 94.5 Å². The molecule has 0 aliphatic carbocycles. The fourth-order valence-electron chi connectivity index (χ4n) is 1.21. The van der Waals surface area contributed by atoms with Crippen LogP contribution >= 0.6 is 0 Å². The lowest BCUT2D eigenvalue weighted by molar-refractivity contribution is 0.0648. The number of furan rings is 1. The van der Waals surface area contributed by atoms with Crippen molar-refractivity contribution in [1.82, 2.24) is 4.90 Å². The van der Waals surface area contributed by atoms with Gasteiger partial charge < -0.3 is 14.4 Å². The van der Waals surface area contributed by atoms with Gasteiger partial charge in [-0.1, -0.05) is 0 Å². The van der Waals surface area contributed by atoms with Gasteiger partial charge in [-0.15, -0.1) is 0 Å². The summed E-state index contributed by atoms with van der Waals surface area (Å²) in [7, 11) is 1.54. The molecule has 1 aromatic heterocycles. The lowest BCUT2D eigenvalue weighted by Crippen LogP contribution is -2.34. The van der Waals surface area contributed by atoms with E-state index in [0.717, 1.165) is 0 Å². The Balaban J connectivity index is 2.82. The molecular formula is C11H12N2O4. The van der Waals surface area contributed by atoms with Crippen LogP contribution in [0.3, 0.4) is 0 Å². The number of rotatable bonds is 4. The van der Waals surface area contributed by atoms with Crippen LogP contribution in [0.2, 0.25) is 0 Å². The maximum absolute atomic E-state index is 11.8. The van der Waals surface area contributed by atoms with E-state index in [-0.39, 0.29) is 24.0 Å². The normalized spacial score (nSPS) is 11.6. The summed E-state index contributed by atoms with van der Waals surface area (Å²) < 4.78 is 4.88. The Bertz CT molecular complexity index is 472. The fourth-order valence-corrected chi connectivity index (χ4v) is 1.21. The van der Waals surface area contributed by atoms with E-state index in [0.29, 0.717) is 0 Å². The van der Waals surface area contributed by atoms with Gasteiger partial charge in [-0.2, -0.15) is 5.26 Å². The zero-order valence-corrected chi connectivity index (χ0v) is 9.51. The lowest BCUT2D eigenvalue weighted by Gasteiger charge is -2.21. The van der Waals surface area contributed by atoms with Crippen molar-refractivity contribution in [2.45, 2.75) is 19.4 Å². The minimum absolute atomic E-state index is 0.0466. The number of aromatic carboxylic acids is 1. The van der Waals surface area contributed by atoms with Crippen molar-refractivity contribution in [1.29, 1.82) is 5.26 Å². The van der Waals surface area contributed by atoms with E-state index in [4.69, 9.17) is 14.8 Å². The quantitative estimate of drug-likeness (QED) is 0.851. The molecule has 17 heavy (non-hydrogen) atoms. The molecule has 6 nitrogen and oxygen atoms in total. The molecule has 0 saturated carbocycles. The van der Waals surface area contributed by atoms with Gasteiger partial charge in [0.2, 0.25) is 5.76 Å². The highest BCUT2D eigenvalue weighted by Gasteiger charge is 2.21. The molecule has 1 aromatic rings. The van der Waals surface area contributed by atoms with Crippen LogP contribution in [0, 0.1) is 11.3 Å². The first-order valence-corrected chi connectivity index (χ1v) is 4.94. The zero-order chi connectivity index (χ0) is 13.0. The molecule has 6 heteroatoms. The van der Waals surface area contributed by atoms with E-state index in [1.54, 1.807) is 6.92 Å². The lowest BCUT2D eigenvalue weighted by atomic mass is 10.2. The molecule has 0 radical (unpaired) electrons. The summed E-state index contributed by atoms with van der Waals surface area (Å²) in [6.07, 6.45) is 0.203.